The van der Waals surface area contributed by atoms with Crippen molar-refractivity contribution >= 4 is 40.2 Å². The Balaban J connectivity index is 2.01. The van der Waals surface area contributed by atoms with Gasteiger partial charge in [0.15, 0.2) is 0 Å². The number of anilines is 1. The Labute approximate surface area is 130 Å². The molecule has 3 rings (SSSR count). The molecule has 0 fully saturated rings. The Bertz CT molecular complexity index is 852. The molecule has 1 amide bonds. The number of amides is 1. The molecule has 0 aliphatic carbocycles. The second-order valence-electron chi connectivity index (χ2n) is 4.62. The Kier molecular flexibility index (Phi) is 3.64. The van der Waals surface area contributed by atoms with E-state index >= 15 is 0 Å². The molecule has 0 bridgehead atoms. The molecule has 7 heteroatoms. The lowest BCUT2D eigenvalue weighted by Gasteiger charge is -2.03. The smallest absolute Gasteiger partial charge is 0.413 e. The van der Waals surface area contributed by atoms with Gasteiger partial charge in [0.2, 0.25) is 11.7 Å². The normalized spacial score (nSPS) is 10.6. The second-order valence-corrected chi connectivity index (χ2v) is 5.57. The Morgan fingerprint density at radius 1 is 1.32 bits per heavy atom. The second kappa shape index (κ2) is 5.61. The van der Waals surface area contributed by atoms with E-state index in [9.17, 15) is 9.59 Å². The molecule has 0 aliphatic rings. The van der Waals surface area contributed by atoms with Crippen LogP contribution in [0.1, 0.15) is 15.2 Å². The van der Waals surface area contributed by atoms with Gasteiger partial charge in [-0.15, -0.1) is 11.3 Å². The summed E-state index contributed by atoms with van der Waals surface area (Å²) in [6.07, 6.45) is -0.590. The van der Waals surface area contributed by atoms with Crippen molar-refractivity contribution in [2.75, 3.05) is 12.4 Å². The minimum Gasteiger partial charge on any atom is -0.453 e. The van der Waals surface area contributed by atoms with Crippen LogP contribution in [0.3, 0.4) is 0 Å². The van der Waals surface area contributed by atoms with Crippen LogP contribution < -0.4 is 5.32 Å². The minimum atomic E-state index is -0.590. The lowest BCUT2D eigenvalue weighted by atomic mass is 10.1. The van der Waals surface area contributed by atoms with Crippen LogP contribution in [0.15, 0.2) is 35.7 Å². The number of thiophene rings is 1. The minimum absolute atomic E-state index is 0.0272. The molecule has 22 heavy (non-hydrogen) atoms. The molecule has 0 unspecified atom stereocenters. The molecule has 1 aromatic carbocycles. The molecule has 1 N–H and O–H groups in total. The number of carbonyl (C=O) groups is 2. The molecule has 0 atom stereocenters. The average Bonchev–Trinajstić information content (AvgIpc) is 3.16. The number of ketones is 1. The van der Waals surface area contributed by atoms with Gasteiger partial charge in [0.1, 0.15) is 0 Å². The van der Waals surface area contributed by atoms with Gasteiger partial charge < -0.3 is 9.30 Å². The zero-order valence-corrected chi connectivity index (χ0v) is 12.8. The van der Waals surface area contributed by atoms with Crippen LogP contribution in [0.2, 0.25) is 0 Å². The summed E-state index contributed by atoms with van der Waals surface area (Å²) in [6, 6.07) is 8.91. The van der Waals surface area contributed by atoms with Crippen LogP contribution >= 0.6 is 11.3 Å². The lowest BCUT2D eigenvalue weighted by molar-refractivity contribution is 0.104. The van der Waals surface area contributed by atoms with E-state index in [1.54, 1.807) is 35.9 Å². The van der Waals surface area contributed by atoms with Gasteiger partial charge in [0, 0.05) is 12.6 Å². The zero-order valence-electron chi connectivity index (χ0n) is 12.0. The first-order chi connectivity index (χ1) is 10.6. The van der Waals surface area contributed by atoms with Crippen molar-refractivity contribution in [1.29, 1.82) is 0 Å². The van der Waals surface area contributed by atoms with Crippen molar-refractivity contribution in [3.05, 3.63) is 46.2 Å². The first-order valence-corrected chi connectivity index (χ1v) is 7.38. The van der Waals surface area contributed by atoms with Crippen molar-refractivity contribution in [3.8, 4) is 0 Å². The summed E-state index contributed by atoms with van der Waals surface area (Å²) < 4.78 is 6.27. The standard InChI is InChI=1S/C15H13N3O3S/c1-18-11-8-9(13(19)12-4-3-7-22-12)5-6-10(11)16-14(18)17-15(20)21-2/h3-8H,1-2H3,(H,16,17,20). The number of methoxy groups -OCH3 is 1. The third-order valence-corrected chi connectivity index (χ3v) is 4.16. The molecular weight excluding hydrogens is 302 g/mol. The molecule has 6 nitrogen and oxygen atoms in total. The number of hydrogen-bond donors (Lipinski definition) is 1. The maximum atomic E-state index is 12.4. The number of ether oxygens (including phenoxy) is 1. The summed E-state index contributed by atoms with van der Waals surface area (Å²) in [5.41, 5.74) is 2.04. The predicted molar refractivity (Wildman–Crippen MR) is 84.5 cm³/mol. The summed E-state index contributed by atoms with van der Waals surface area (Å²) in [5.74, 6) is 0.336. The van der Waals surface area contributed by atoms with Crippen LogP contribution in [-0.4, -0.2) is 28.5 Å². The van der Waals surface area contributed by atoms with E-state index < -0.39 is 6.09 Å². The van der Waals surface area contributed by atoms with Crippen LogP contribution in [0, 0.1) is 0 Å². The van der Waals surface area contributed by atoms with Crippen molar-refractivity contribution in [3.63, 3.8) is 0 Å². The maximum Gasteiger partial charge on any atom is 0.413 e. The molecule has 0 radical (unpaired) electrons. The number of nitrogens with one attached hydrogen (secondary N) is 1. The number of aromatic nitrogens is 2. The summed E-state index contributed by atoms with van der Waals surface area (Å²) >= 11 is 1.41. The quantitative estimate of drug-likeness (QED) is 0.754. The van der Waals surface area contributed by atoms with E-state index in [-0.39, 0.29) is 5.78 Å². The molecule has 112 valence electrons. The zero-order chi connectivity index (χ0) is 15.7. The Morgan fingerprint density at radius 3 is 2.82 bits per heavy atom. The van der Waals surface area contributed by atoms with Gasteiger partial charge in [-0.05, 0) is 29.6 Å². The molecule has 0 saturated heterocycles. The highest BCUT2D eigenvalue weighted by Crippen LogP contribution is 2.22. The maximum absolute atomic E-state index is 12.4. The first kappa shape index (κ1) is 14.3. The highest BCUT2D eigenvalue weighted by atomic mass is 32.1. The fraction of sp³-hybridized carbons (Fsp3) is 0.133. The van der Waals surface area contributed by atoms with Gasteiger partial charge in [0.25, 0.3) is 0 Å². The van der Waals surface area contributed by atoms with Crippen molar-refractivity contribution in [2.24, 2.45) is 7.05 Å². The van der Waals surface area contributed by atoms with E-state index in [0.717, 1.165) is 5.52 Å². The molecule has 0 spiro atoms. The van der Waals surface area contributed by atoms with Crippen LogP contribution in [0.25, 0.3) is 11.0 Å². The van der Waals surface area contributed by atoms with E-state index in [1.807, 2.05) is 11.4 Å². The topological polar surface area (TPSA) is 73.2 Å². The predicted octanol–water partition coefficient (Wildman–Crippen LogP) is 3.04. The summed E-state index contributed by atoms with van der Waals surface area (Å²) in [5, 5.41) is 4.40. The third kappa shape index (κ3) is 2.46. The highest BCUT2D eigenvalue weighted by Gasteiger charge is 2.15. The van der Waals surface area contributed by atoms with Crippen molar-refractivity contribution < 1.29 is 14.3 Å². The number of imidazole rings is 1. The van der Waals surface area contributed by atoms with Gasteiger partial charge in [0.05, 0.1) is 23.0 Å². The van der Waals surface area contributed by atoms with Gasteiger partial charge in [-0.1, -0.05) is 6.07 Å². The van der Waals surface area contributed by atoms with E-state index in [2.05, 4.69) is 15.0 Å². The van der Waals surface area contributed by atoms with E-state index in [1.165, 1.54) is 18.4 Å². The monoisotopic (exact) mass is 315 g/mol. The van der Waals surface area contributed by atoms with Gasteiger partial charge in [-0.25, -0.2) is 9.78 Å². The third-order valence-electron chi connectivity index (χ3n) is 3.29. The van der Waals surface area contributed by atoms with Gasteiger partial charge in [-0.3, -0.25) is 10.1 Å². The van der Waals surface area contributed by atoms with E-state index in [4.69, 9.17) is 0 Å². The molecule has 2 aromatic heterocycles. The number of benzene rings is 1. The molecule has 0 saturated carbocycles. The molecule has 2 heterocycles. The molecular formula is C15H13N3O3S. The van der Waals surface area contributed by atoms with Crippen LogP contribution in [0.4, 0.5) is 10.7 Å². The highest BCUT2D eigenvalue weighted by molar-refractivity contribution is 7.12. The lowest BCUT2D eigenvalue weighted by Crippen LogP contribution is -2.14. The van der Waals surface area contributed by atoms with E-state index in [0.29, 0.717) is 21.9 Å². The Morgan fingerprint density at radius 2 is 2.14 bits per heavy atom. The molecule has 0 aliphatic heterocycles. The fourth-order valence-electron chi connectivity index (χ4n) is 2.14. The Hall–Kier alpha value is -2.67. The number of hydrogen-bond acceptors (Lipinski definition) is 5. The molecule has 3 aromatic rings. The number of aryl methyl sites for hydroxylation is 1. The number of nitrogens with zero attached hydrogens (tertiary/aromatic N) is 2. The summed E-state index contributed by atoms with van der Waals surface area (Å²) in [6.45, 7) is 0. The number of carbonyl (C=O) groups excluding carboxylic acids is 2. The average molecular weight is 315 g/mol. The van der Waals surface area contributed by atoms with Crippen molar-refractivity contribution in [2.45, 2.75) is 0 Å². The van der Waals surface area contributed by atoms with Gasteiger partial charge >= 0.3 is 6.09 Å². The van der Waals surface area contributed by atoms with Gasteiger partial charge in [-0.2, -0.15) is 0 Å². The van der Waals surface area contributed by atoms with Crippen molar-refractivity contribution in [1.82, 2.24) is 9.55 Å². The number of rotatable bonds is 3. The SMILES string of the molecule is COC(=O)Nc1nc2ccc(C(=O)c3cccs3)cc2n1C. The van der Waals surface area contributed by atoms with Crippen LogP contribution in [0.5, 0.6) is 0 Å². The first-order valence-electron chi connectivity index (χ1n) is 6.50. The summed E-state index contributed by atoms with van der Waals surface area (Å²) in [7, 11) is 3.05. The largest absolute Gasteiger partial charge is 0.453 e. The summed E-state index contributed by atoms with van der Waals surface area (Å²) in [4.78, 5) is 28.7. The van der Waals surface area contributed by atoms with Crippen LogP contribution in [-0.2, 0) is 11.8 Å². The fourth-order valence-corrected chi connectivity index (χ4v) is 2.82. The number of fused-ring (bicyclic) bond motifs is 1.